The molecule has 1 unspecified atom stereocenters. The highest BCUT2D eigenvalue weighted by molar-refractivity contribution is 7.75. The van der Waals surface area contributed by atoms with Crippen LogP contribution in [0.1, 0.15) is 0 Å². The van der Waals surface area contributed by atoms with Gasteiger partial charge in [0.15, 0.2) is 0 Å². The fourth-order valence-corrected chi connectivity index (χ4v) is 0.960. The van der Waals surface area contributed by atoms with Crippen molar-refractivity contribution in [2.24, 2.45) is 0 Å². The fourth-order valence-electron chi connectivity index (χ4n) is 0.631. The molecule has 1 atom stereocenters. The van der Waals surface area contributed by atoms with E-state index < -0.39 is 17.2 Å². The quantitative estimate of drug-likeness (QED) is 0.723. The molecule has 0 saturated heterocycles. The Morgan fingerprint density at radius 1 is 1.50 bits per heavy atom. The van der Waals surface area contributed by atoms with Crippen molar-refractivity contribution < 1.29 is 17.0 Å². The fraction of sp³-hybridized carbons (Fsp3) is 0.143. The van der Waals surface area contributed by atoms with Crippen LogP contribution in [-0.4, -0.2) is 11.3 Å². The summed E-state index contributed by atoms with van der Waals surface area (Å²) in [5.74, 6) is -0.268. The van der Waals surface area contributed by atoms with Gasteiger partial charge in [0.05, 0.1) is 7.11 Å². The molecule has 5 heteroatoms. The van der Waals surface area contributed by atoms with Crippen LogP contribution in [-0.2, 0) is 15.5 Å². The monoisotopic (exact) mass is 190 g/mol. The zero-order valence-corrected chi connectivity index (χ0v) is 7.14. The van der Waals surface area contributed by atoms with E-state index in [1.165, 1.54) is 25.3 Å². The molecule has 0 heterocycles. The first-order chi connectivity index (χ1) is 5.72. The molecule has 0 aromatic heterocycles. The molecule has 1 rings (SSSR count). The maximum atomic E-state index is 12.5. The zero-order chi connectivity index (χ0) is 8.97. The van der Waals surface area contributed by atoms with Crippen LogP contribution in [0, 0.1) is 5.82 Å². The summed E-state index contributed by atoms with van der Waals surface area (Å²) in [6.07, 6.45) is 0. The molecule has 0 radical (unpaired) electrons. The number of halogens is 1. The van der Waals surface area contributed by atoms with Crippen molar-refractivity contribution >= 4 is 11.4 Å². The summed E-state index contributed by atoms with van der Waals surface area (Å²) in [6, 6.07) is 5.33. The Kier molecular flexibility index (Phi) is 3.19. The van der Waals surface area contributed by atoms with Crippen molar-refractivity contribution in [2.75, 3.05) is 7.11 Å². The normalized spacial score (nSPS) is 12.5. The third-order valence-corrected chi connectivity index (χ3v) is 1.70. The average Bonchev–Trinajstić information content (AvgIpc) is 2.04. The van der Waals surface area contributed by atoms with Crippen LogP contribution >= 0.6 is 0 Å². The second-order valence-electron chi connectivity index (χ2n) is 1.91. The summed E-state index contributed by atoms with van der Waals surface area (Å²) >= 11 is -1.85. The Morgan fingerprint density at radius 3 is 2.83 bits per heavy atom. The SMILES string of the molecule is COS(=O)Oc1cccc(F)c1. The molecular formula is C7H7FO3S. The first kappa shape index (κ1) is 9.15. The van der Waals surface area contributed by atoms with Gasteiger partial charge in [-0.05, 0) is 12.1 Å². The van der Waals surface area contributed by atoms with E-state index in [2.05, 4.69) is 8.37 Å². The van der Waals surface area contributed by atoms with Gasteiger partial charge in [0.1, 0.15) is 11.6 Å². The van der Waals surface area contributed by atoms with E-state index in [9.17, 15) is 8.60 Å². The largest absolute Gasteiger partial charge is 0.380 e. The molecule has 0 aliphatic carbocycles. The van der Waals surface area contributed by atoms with Gasteiger partial charge in [0, 0.05) is 6.07 Å². The van der Waals surface area contributed by atoms with Gasteiger partial charge in [0.25, 0.3) is 0 Å². The molecular weight excluding hydrogens is 183 g/mol. The van der Waals surface area contributed by atoms with Crippen LogP contribution in [0.15, 0.2) is 24.3 Å². The molecule has 0 fully saturated rings. The van der Waals surface area contributed by atoms with Crippen molar-refractivity contribution in [1.29, 1.82) is 0 Å². The smallest absolute Gasteiger partial charge is 0.359 e. The molecule has 1 aromatic carbocycles. The summed E-state index contributed by atoms with van der Waals surface area (Å²) in [5, 5.41) is 0. The molecule has 0 spiro atoms. The molecule has 0 amide bonds. The summed E-state index contributed by atoms with van der Waals surface area (Å²) in [6.45, 7) is 0. The van der Waals surface area contributed by atoms with Crippen LogP contribution in [0.5, 0.6) is 5.75 Å². The minimum atomic E-state index is -1.85. The first-order valence-electron chi connectivity index (χ1n) is 3.12. The Labute approximate surface area is 72.0 Å². The lowest BCUT2D eigenvalue weighted by molar-refractivity contribution is 0.383. The molecule has 0 N–H and O–H groups in total. The lowest BCUT2D eigenvalue weighted by Gasteiger charge is -2.00. The standard InChI is InChI=1S/C7H7FO3S/c1-10-12(9)11-7-4-2-3-6(8)5-7/h2-5H,1H3. The van der Waals surface area contributed by atoms with E-state index in [-0.39, 0.29) is 5.75 Å². The van der Waals surface area contributed by atoms with E-state index in [1.54, 1.807) is 0 Å². The maximum absolute atomic E-state index is 12.5. The van der Waals surface area contributed by atoms with Gasteiger partial charge in [-0.25, -0.2) is 4.39 Å². The van der Waals surface area contributed by atoms with Crippen LogP contribution in [0.3, 0.4) is 0 Å². The summed E-state index contributed by atoms with van der Waals surface area (Å²) in [4.78, 5) is 0. The first-order valence-corrected chi connectivity index (χ1v) is 4.12. The third-order valence-electron chi connectivity index (χ3n) is 1.10. The lowest BCUT2D eigenvalue weighted by atomic mass is 10.3. The highest BCUT2D eigenvalue weighted by Crippen LogP contribution is 2.12. The van der Waals surface area contributed by atoms with Crippen LogP contribution in [0.2, 0.25) is 0 Å². The summed E-state index contributed by atoms with van der Waals surface area (Å²) < 4.78 is 32.1. The zero-order valence-electron chi connectivity index (χ0n) is 6.32. The Balaban J connectivity index is 2.69. The Hall–Kier alpha value is -0.940. The van der Waals surface area contributed by atoms with Crippen molar-refractivity contribution in [3.63, 3.8) is 0 Å². The molecule has 12 heavy (non-hydrogen) atoms. The predicted molar refractivity (Wildman–Crippen MR) is 42.2 cm³/mol. The van der Waals surface area contributed by atoms with Gasteiger partial charge in [0.2, 0.25) is 0 Å². The van der Waals surface area contributed by atoms with E-state index in [0.717, 1.165) is 6.07 Å². The van der Waals surface area contributed by atoms with Gasteiger partial charge in [-0.1, -0.05) is 6.07 Å². The number of hydrogen-bond acceptors (Lipinski definition) is 3. The van der Waals surface area contributed by atoms with Gasteiger partial charge in [-0.15, -0.1) is 0 Å². The van der Waals surface area contributed by atoms with Crippen molar-refractivity contribution in [3.05, 3.63) is 30.1 Å². The molecule has 66 valence electrons. The lowest BCUT2D eigenvalue weighted by Crippen LogP contribution is -2.01. The second kappa shape index (κ2) is 4.18. The van der Waals surface area contributed by atoms with Gasteiger partial charge < -0.3 is 4.18 Å². The van der Waals surface area contributed by atoms with Crippen LogP contribution in [0.4, 0.5) is 4.39 Å². The molecule has 1 aromatic rings. The van der Waals surface area contributed by atoms with Crippen molar-refractivity contribution in [2.45, 2.75) is 0 Å². The minimum Gasteiger partial charge on any atom is -0.380 e. The van der Waals surface area contributed by atoms with Gasteiger partial charge in [-0.2, -0.15) is 4.21 Å². The Morgan fingerprint density at radius 2 is 2.25 bits per heavy atom. The highest BCUT2D eigenvalue weighted by Gasteiger charge is 2.00. The molecule has 0 bridgehead atoms. The molecule has 0 aliphatic heterocycles. The topological polar surface area (TPSA) is 35.5 Å². The van der Waals surface area contributed by atoms with Crippen LogP contribution in [0.25, 0.3) is 0 Å². The highest BCUT2D eigenvalue weighted by atomic mass is 32.2. The Bertz CT molecular complexity index is 290. The van der Waals surface area contributed by atoms with Crippen LogP contribution < -0.4 is 4.18 Å². The van der Waals surface area contributed by atoms with Gasteiger partial charge >= 0.3 is 11.4 Å². The van der Waals surface area contributed by atoms with Gasteiger partial charge in [-0.3, -0.25) is 4.18 Å². The number of hydrogen-bond donors (Lipinski definition) is 0. The van der Waals surface area contributed by atoms with E-state index >= 15 is 0 Å². The summed E-state index contributed by atoms with van der Waals surface area (Å²) in [7, 11) is 1.23. The predicted octanol–water partition coefficient (Wildman–Crippen LogP) is 1.43. The maximum Gasteiger partial charge on any atom is 0.359 e. The molecule has 0 aliphatic rings. The third kappa shape index (κ3) is 2.60. The summed E-state index contributed by atoms with van der Waals surface area (Å²) in [5.41, 5.74) is 0. The number of rotatable bonds is 3. The second-order valence-corrected chi connectivity index (χ2v) is 2.82. The van der Waals surface area contributed by atoms with E-state index in [1.807, 2.05) is 0 Å². The van der Waals surface area contributed by atoms with E-state index in [4.69, 9.17) is 0 Å². The number of benzene rings is 1. The van der Waals surface area contributed by atoms with Crippen molar-refractivity contribution in [1.82, 2.24) is 0 Å². The average molecular weight is 190 g/mol. The van der Waals surface area contributed by atoms with E-state index in [0.29, 0.717) is 0 Å². The minimum absolute atomic E-state index is 0.176. The molecule has 3 nitrogen and oxygen atoms in total. The van der Waals surface area contributed by atoms with Crippen molar-refractivity contribution in [3.8, 4) is 5.75 Å². The molecule has 0 saturated carbocycles.